The van der Waals surface area contributed by atoms with E-state index in [1.807, 2.05) is 24.3 Å². The quantitative estimate of drug-likeness (QED) is 0.163. The van der Waals surface area contributed by atoms with Gasteiger partial charge in [-0.05, 0) is 55.6 Å². The van der Waals surface area contributed by atoms with E-state index >= 15 is 0 Å². The van der Waals surface area contributed by atoms with Crippen LogP contribution in [0.15, 0.2) is 64.2 Å². The Bertz CT molecular complexity index is 1560. The number of allylic oxidation sites excluding steroid dienone is 4. The highest BCUT2D eigenvalue weighted by Crippen LogP contribution is 2.43. The molecule has 13 heteroatoms. The van der Waals surface area contributed by atoms with Gasteiger partial charge < -0.3 is 4.90 Å². The fourth-order valence-corrected chi connectivity index (χ4v) is 8.67. The number of hydrogen-bond acceptors (Lipinski definition) is 7. The zero-order chi connectivity index (χ0) is 28.9. The zero-order valence-electron chi connectivity index (χ0n) is 22.1. The number of fused-ring (bicyclic) bond motifs is 2. The van der Waals surface area contributed by atoms with Gasteiger partial charge in [-0.3, -0.25) is 9.11 Å². The Kier molecular flexibility index (Phi) is 10.6. The number of hydrogen-bond donors (Lipinski definition) is 2. The predicted molar refractivity (Wildman–Crippen MR) is 165 cm³/mol. The normalized spacial score (nSPS) is 20.9. The Morgan fingerprint density at radius 1 is 1.07 bits per heavy atom. The van der Waals surface area contributed by atoms with Crippen molar-refractivity contribution in [3.8, 4) is 0 Å². The summed E-state index contributed by atoms with van der Waals surface area (Å²) in [6.45, 7) is 3.37. The van der Waals surface area contributed by atoms with E-state index < -0.39 is 20.2 Å². The minimum atomic E-state index is -3.99. The summed E-state index contributed by atoms with van der Waals surface area (Å²) in [6, 6.07) is 8.19. The lowest BCUT2D eigenvalue weighted by atomic mass is 10.1. The molecule has 1 aliphatic carbocycles. The average molecular weight is 646 g/mol. The number of rotatable bonds is 13. The molecule has 218 valence electrons. The summed E-state index contributed by atoms with van der Waals surface area (Å²) in [5.74, 6) is -0.506. The maximum absolute atomic E-state index is 11.2. The van der Waals surface area contributed by atoms with E-state index in [-0.39, 0.29) is 22.8 Å². The van der Waals surface area contributed by atoms with Crippen LogP contribution in [-0.2, 0) is 26.8 Å². The van der Waals surface area contributed by atoms with Crippen LogP contribution in [0.4, 0.5) is 0 Å². The van der Waals surface area contributed by atoms with Crippen LogP contribution in [-0.4, -0.2) is 60.2 Å². The van der Waals surface area contributed by atoms with Crippen molar-refractivity contribution in [2.75, 3.05) is 18.1 Å². The maximum Gasteiger partial charge on any atom is 0.264 e. The lowest BCUT2D eigenvalue weighted by Crippen LogP contribution is -2.35. The van der Waals surface area contributed by atoms with Gasteiger partial charge in [-0.2, -0.15) is 21.4 Å². The van der Waals surface area contributed by atoms with Crippen LogP contribution in [0, 0.1) is 0 Å². The Hall–Kier alpha value is -1.67. The molecular formula is C27H34ClN2O6S4+. The molecule has 0 amide bonds. The molecule has 0 bridgehead atoms. The minimum Gasteiger partial charge on any atom is -0.358 e. The maximum atomic E-state index is 11.2. The molecule has 0 spiro atoms. The molecule has 2 aliphatic rings. The van der Waals surface area contributed by atoms with Crippen LogP contribution in [0.3, 0.4) is 0 Å². The monoisotopic (exact) mass is 645 g/mol. The molecule has 2 atom stereocenters. The van der Waals surface area contributed by atoms with Gasteiger partial charge in [0.1, 0.15) is 4.70 Å². The average Bonchev–Trinajstić information content (AvgIpc) is 3.39. The highest BCUT2D eigenvalue weighted by Gasteiger charge is 2.36. The number of halogens is 1. The fourth-order valence-electron chi connectivity index (χ4n) is 4.80. The molecule has 2 N–H and O–H groups in total. The molecule has 2 heterocycles. The number of para-hydroxylation sites is 1. The van der Waals surface area contributed by atoms with E-state index in [0.717, 1.165) is 32.2 Å². The summed E-state index contributed by atoms with van der Waals surface area (Å²) in [5, 5.41) is 3.02. The van der Waals surface area contributed by atoms with Crippen molar-refractivity contribution in [3.05, 3.63) is 69.2 Å². The van der Waals surface area contributed by atoms with E-state index in [1.165, 1.54) is 0 Å². The van der Waals surface area contributed by atoms with Crippen molar-refractivity contribution in [3.63, 3.8) is 0 Å². The molecule has 4 rings (SSSR count). The van der Waals surface area contributed by atoms with Gasteiger partial charge in [0.2, 0.25) is 5.52 Å². The van der Waals surface area contributed by atoms with Crippen molar-refractivity contribution >= 4 is 71.2 Å². The lowest BCUT2D eigenvalue weighted by molar-refractivity contribution is -0.669. The number of unbranched alkanes of at least 4 members (excludes halogenated alkanes) is 2. The second-order valence-electron chi connectivity index (χ2n) is 9.78. The van der Waals surface area contributed by atoms with Gasteiger partial charge in [-0.1, -0.05) is 59.8 Å². The van der Waals surface area contributed by atoms with Gasteiger partial charge in [0, 0.05) is 30.1 Å². The smallest absolute Gasteiger partial charge is 0.264 e. The van der Waals surface area contributed by atoms with Gasteiger partial charge >= 0.3 is 0 Å². The van der Waals surface area contributed by atoms with Crippen molar-refractivity contribution in [2.45, 2.75) is 56.9 Å². The summed E-state index contributed by atoms with van der Waals surface area (Å²) in [5.41, 5.74) is 2.21. The highest BCUT2D eigenvalue weighted by atomic mass is 35.5. The molecule has 0 radical (unpaired) electrons. The molecule has 1 saturated heterocycles. The van der Waals surface area contributed by atoms with Crippen LogP contribution in [0.2, 0.25) is 0 Å². The number of benzene rings is 1. The molecule has 0 saturated carbocycles. The SMILES string of the molecule is CCC(/C=C1\SC2C=CC(Cl)=CC2N1CCCCS(=O)(=O)O)=C\c1sc2ccccc2[n+]1CCCCS(=O)(=O)O. The summed E-state index contributed by atoms with van der Waals surface area (Å²) in [4.78, 5) is 2.27. The van der Waals surface area contributed by atoms with Crippen LogP contribution >= 0.6 is 34.7 Å². The second kappa shape index (κ2) is 13.5. The van der Waals surface area contributed by atoms with E-state index in [9.17, 15) is 16.8 Å². The van der Waals surface area contributed by atoms with Gasteiger partial charge in [0.15, 0.2) is 6.54 Å². The first kappa shape index (κ1) is 31.3. The van der Waals surface area contributed by atoms with Crippen molar-refractivity contribution in [1.29, 1.82) is 0 Å². The van der Waals surface area contributed by atoms with Crippen molar-refractivity contribution in [2.24, 2.45) is 0 Å². The third-order valence-corrected chi connectivity index (χ3v) is 11.0. The second-order valence-corrected chi connectivity index (χ2v) is 15.6. The van der Waals surface area contributed by atoms with Gasteiger partial charge in [-0.25, -0.2) is 0 Å². The summed E-state index contributed by atoms with van der Waals surface area (Å²) in [6.07, 6.45) is 13.2. The molecule has 40 heavy (non-hydrogen) atoms. The molecule has 1 aromatic carbocycles. The Morgan fingerprint density at radius 3 is 2.48 bits per heavy atom. The third kappa shape index (κ3) is 8.67. The van der Waals surface area contributed by atoms with E-state index in [0.29, 0.717) is 43.8 Å². The number of aromatic nitrogens is 1. The first-order chi connectivity index (χ1) is 18.9. The van der Waals surface area contributed by atoms with Crippen LogP contribution in [0.1, 0.15) is 44.0 Å². The molecule has 8 nitrogen and oxygen atoms in total. The van der Waals surface area contributed by atoms with E-state index in [2.05, 4.69) is 46.8 Å². The Balaban J connectivity index is 1.61. The molecular weight excluding hydrogens is 612 g/mol. The highest BCUT2D eigenvalue weighted by molar-refractivity contribution is 8.04. The van der Waals surface area contributed by atoms with E-state index in [1.54, 1.807) is 23.1 Å². The van der Waals surface area contributed by atoms with Gasteiger partial charge in [0.25, 0.3) is 25.2 Å². The Labute approximate surface area is 249 Å². The minimum absolute atomic E-state index is 0.0645. The largest absolute Gasteiger partial charge is 0.358 e. The lowest BCUT2D eigenvalue weighted by Gasteiger charge is -2.28. The fraction of sp³-hybridized carbons (Fsp3) is 0.444. The standard InChI is InChI=1S/C27H33ClN2O6S4/c1-2-20(17-26-29(13-5-7-15-39(31,32)33)22-9-3-4-10-24(22)37-26)18-27-30(14-6-8-16-40(34,35)36)23-19-21(28)11-12-25(23)38-27/h3-4,9-12,17-19,23,25H,2,5-8,13-16H2,1H3,(H-,31,32,33,34,35,36)/p+1. The summed E-state index contributed by atoms with van der Waals surface area (Å²) in [7, 11) is -7.97. The van der Waals surface area contributed by atoms with Crippen molar-refractivity contribution < 1.29 is 30.5 Å². The molecule has 2 aromatic rings. The first-order valence-electron chi connectivity index (χ1n) is 13.2. The van der Waals surface area contributed by atoms with Gasteiger partial charge in [-0.15, -0.1) is 0 Å². The number of nitrogens with zero attached hydrogens (tertiary/aromatic N) is 2. The van der Waals surface area contributed by atoms with E-state index in [4.69, 9.17) is 20.7 Å². The molecule has 1 aliphatic heterocycles. The van der Waals surface area contributed by atoms with Crippen LogP contribution < -0.4 is 4.57 Å². The number of aryl methyl sites for hydroxylation is 1. The predicted octanol–water partition coefficient (Wildman–Crippen LogP) is 5.64. The third-order valence-electron chi connectivity index (χ3n) is 6.76. The number of thioether (sulfide) groups is 1. The topological polar surface area (TPSA) is 116 Å². The molecule has 1 fully saturated rings. The zero-order valence-corrected chi connectivity index (χ0v) is 26.2. The van der Waals surface area contributed by atoms with Crippen LogP contribution in [0.25, 0.3) is 16.3 Å². The van der Waals surface area contributed by atoms with Crippen LogP contribution in [0.5, 0.6) is 0 Å². The molecule has 2 unspecified atom stereocenters. The van der Waals surface area contributed by atoms with Gasteiger partial charge in [0.05, 0.1) is 27.8 Å². The van der Waals surface area contributed by atoms with Crippen molar-refractivity contribution in [1.82, 2.24) is 4.90 Å². The first-order valence-corrected chi connectivity index (χ1v) is 18.5. The number of thiazole rings is 1. The summed E-state index contributed by atoms with van der Waals surface area (Å²) >= 11 is 9.77. The Morgan fingerprint density at radius 2 is 1.77 bits per heavy atom. The summed E-state index contributed by atoms with van der Waals surface area (Å²) < 4.78 is 66.2. The molecule has 1 aromatic heterocycles.